The van der Waals surface area contributed by atoms with Crippen molar-refractivity contribution in [1.82, 2.24) is 0 Å². The Kier molecular flexibility index (Phi) is 6.09. The molecule has 126 valence electrons. The van der Waals surface area contributed by atoms with Crippen LogP contribution in [-0.2, 0) is 19.1 Å². The molecular weight excluding hydrogens is 306 g/mol. The zero-order valence-corrected chi connectivity index (χ0v) is 14.0. The molecule has 0 bridgehead atoms. The SMILES string of the molecule is COCC(=O)O[C@H](C(=O)Nc1cc(C)ccc1C)c1ccccc1. The second kappa shape index (κ2) is 8.26. The number of hydrogen-bond acceptors (Lipinski definition) is 4. The molecule has 2 aromatic carbocycles. The molecule has 0 saturated carbocycles. The number of rotatable bonds is 6. The van der Waals surface area contributed by atoms with Gasteiger partial charge >= 0.3 is 5.97 Å². The van der Waals surface area contributed by atoms with Gasteiger partial charge in [0.05, 0.1) is 0 Å². The molecule has 5 heteroatoms. The summed E-state index contributed by atoms with van der Waals surface area (Å²) in [6.07, 6.45) is -1.03. The van der Waals surface area contributed by atoms with Gasteiger partial charge in [0, 0.05) is 18.4 Å². The molecule has 0 unspecified atom stereocenters. The van der Waals surface area contributed by atoms with Crippen molar-refractivity contribution < 1.29 is 19.1 Å². The van der Waals surface area contributed by atoms with Crippen LogP contribution in [0.25, 0.3) is 0 Å². The molecule has 0 fully saturated rings. The van der Waals surface area contributed by atoms with Crippen molar-refractivity contribution in [3.05, 3.63) is 65.2 Å². The highest BCUT2D eigenvalue weighted by molar-refractivity contribution is 5.96. The van der Waals surface area contributed by atoms with Crippen LogP contribution in [0, 0.1) is 13.8 Å². The summed E-state index contributed by atoms with van der Waals surface area (Å²) in [7, 11) is 1.40. The van der Waals surface area contributed by atoms with Crippen molar-refractivity contribution in [2.24, 2.45) is 0 Å². The number of carbonyl (C=O) groups is 2. The van der Waals surface area contributed by atoms with Crippen LogP contribution in [-0.4, -0.2) is 25.6 Å². The molecule has 1 N–H and O–H groups in total. The largest absolute Gasteiger partial charge is 0.446 e. The van der Waals surface area contributed by atoms with E-state index >= 15 is 0 Å². The monoisotopic (exact) mass is 327 g/mol. The highest BCUT2D eigenvalue weighted by atomic mass is 16.6. The van der Waals surface area contributed by atoms with Gasteiger partial charge in [0.15, 0.2) is 0 Å². The quantitative estimate of drug-likeness (QED) is 0.828. The molecule has 0 heterocycles. The maximum Gasteiger partial charge on any atom is 0.333 e. The molecule has 2 aromatic rings. The first-order valence-electron chi connectivity index (χ1n) is 7.62. The molecule has 24 heavy (non-hydrogen) atoms. The maximum absolute atomic E-state index is 12.7. The van der Waals surface area contributed by atoms with Gasteiger partial charge in [-0.15, -0.1) is 0 Å². The van der Waals surface area contributed by atoms with Gasteiger partial charge in [-0.2, -0.15) is 0 Å². The highest BCUT2D eigenvalue weighted by Gasteiger charge is 2.25. The first kappa shape index (κ1) is 17.7. The topological polar surface area (TPSA) is 64.6 Å². The summed E-state index contributed by atoms with van der Waals surface area (Å²) in [5.41, 5.74) is 3.26. The van der Waals surface area contributed by atoms with Gasteiger partial charge < -0.3 is 14.8 Å². The normalized spacial score (nSPS) is 11.6. The van der Waals surface area contributed by atoms with E-state index in [0.29, 0.717) is 11.3 Å². The zero-order chi connectivity index (χ0) is 17.5. The second-order valence-corrected chi connectivity index (χ2v) is 5.52. The first-order valence-corrected chi connectivity index (χ1v) is 7.62. The van der Waals surface area contributed by atoms with E-state index in [1.807, 2.05) is 38.1 Å². The van der Waals surface area contributed by atoms with Crippen LogP contribution in [0.15, 0.2) is 48.5 Å². The maximum atomic E-state index is 12.7. The summed E-state index contributed by atoms with van der Waals surface area (Å²) in [5, 5.41) is 2.84. The summed E-state index contributed by atoms with van der Waals surface area (Å²) in [5.74, 6) is -0.998. The van der Waals surface area contributed by atoms with Crippen LogP contribution < -0.4 is 5.32 Å². The molecule has 0 aliphatic heterocycles. The summed E-state index contributed by atoms with van der Waals surface area (Å²) in [6.45, 7) is 3.64. The van der Waals surface area contributed by atoms with E-state index in [4.69, 9.17) is 9.47 Å². The van der Waals surface area contributed by atoms with Gasteiger partial charge in [-0.25, -0.2) is 4.79 Å². The van der Waals surface area contributed by atoms with Gasteiger partial charge in [0.1, 0.15) is 6.61 Å². The van der Waals surface area contributed by atoms with Crippen LogP contribution in [0.4, 0.5) is 5.69 Å². The molecule has 5 nitrogen and oxygen atoms in total. The molecule has 0 saturated heterocycles. The van der Waals surface area contributed by atoms with E-state index in [1.165, 1.54) is 7.11 Å². The molecule has 0 aromatic heterocycles. The number of esters is 1. The molecule has 2 rings (SSSR count). The van der Waals surface area contributed by atoms with Crippen molar-refractivity contribution in [3.8, 4) is 0 Å². The van der Waals surface area contributed by atoms with Crippen LogP contribution in [0.3, 0.4) is 0 Å². The van der Waals surface area contributed by atoms with Gasteiger partial charge in [0.25, 0.3) is 5.91 Å². The van der Waals surface area contributed by atoms with Crippen molar-refractivity contribution in [2.75, 3.05) is 19.0 Å². The Hall–Kier alpha value is -2.66. The number of methoxy groups -OCH3 is 1. The van der Waals surface area contributed by atoms with Crippen molar-refractivity contribution in [2.45, 2.75) is 20.0 Å². The Morgan fingerprint density at radius 1 is 1.08 bits per heavy atom. The lowest BCUT2D eigenvalue weighted by Crippen LogP contribution is -2.27. The Morgan fingerprint density at radius 3 is 2.46 bits per heavy atom. The number of benzene rings is 2. The van der Waals surface area contributed by atoms with Crippen molar-refractivity contribution in [3.63, 3.8) is 0 Å². The third-order valence-electron chi connectivity index (χ3n) is 3.50. The Bertz CT molecular complexity index is 713. The summed E-state index contributed by atoms with van der Waals surface area (Å²) < 4.78 is 10.1. The van der Waals surface area contributed by atoms with E-state index in [2.05, 4.69) is 5.32 Å². The smallest absolute Gasteiger partial charge is 0.333 e. The first-order chi connectivity index (χ1) is 11.5. The number of carbonyl (C=O) groups excluding carboxylic acids is 2. The molecule has 0 aliphatic rings. The average molecular weight is 327 g/mol. The Balaban J connectivity index is 2.24. The van der Waals surface area contributed by atoms with Crippen LogP contribution >= 0.6 is 0 Å². The average Bonchev–Trinajstić information content (AvgIpc) is 2.57. The fourth-order valence-electron chi connectivity index (χ4n) is 2.25. The van der Waals surface area contributed by atoms with Gasteiger partial charge in [0.2, 0.25) is 6.10 Å². The van der Waals surface area contributed by atoms with Gasteiger partial charge in [-0.1, -0.05) is 42.5 Å². The molecule has 0 radical (unpaired) electrons. The van der Waals surface area contributed by atoms with Crippen LogP contribution in [0.1, 0.15) is 22.8 Å². The standard InChI is InChI=1S/C19H21NO4/c1-13-9-10-14(2)16(11-13)20-19(22)18(24-17(21)12-23-3)15-7-5-4-6-8-15/h4-11,18H,12H2,1-3H3,(H,20,22)/t18-/m0/s1. The third kappa shape index (κ3) is 4.67. The second-order valence-electron chi connectivity index (χ2n) is 5.52. The van der Waals surface area contributed by atoms with Crippen molar-refractivity contribution in [1.29, 1.82) is 0 Å². The van der Waals surface area contributed by atoms with Crippen LogP contribution in [0.2, 0.25) is 0 Å². The molecule has 0 spiro atoms. The molecule has 1 amide bonds. The van der Waals surface area contributed by atoms with E-state index < -0.39 is 18.0 Å². The molecular formula is C19H21NO4. The van der Waals surface area contributed by atoms with Gasteiger partial charge in [-0.05, 0) is 31.0 Å². The number of hydrogen-bond donors (Lipinski definition) is 1. The van der Waals surface area contributed by atoms with Gasteiger partial charge in [-0.3, -0.25) is 4.79 Å². The van der Waals surface area contributed by atoms with E-state index in [0.717, 1.165) is 11.1 Å². The highest BCUT2D eigenvalue weighted by Crippen LogP contribution is 2.22. The minimum absolute atomic E-state index is 0.208. The van der Waals surface area contributed by atoms with Crippen LogP contribution in [0.5, 0.6) is 0 Å². The summed E-state index contributed by atoms with van der Waals surface area (Å²) in [6, 6.07) is 14.7. The number of anilines is 1. The molecule has 1 atom stereocenters. The number of aryl methyl sites for hydroxylation is 2. The minimum atomic E-state index is -1.03. The third-order valence-corrected chi connectivity index (χ3v) is 3.50. The molecule has 0 aliphatic carbocycles. The fraction of sp³-hybridized carbons (Fsp3) is 0.263. The minimum Gasteiger partial charge on any atom is -0.446 e. The lowest BCUT2D eigenvalue weighted by Gasteiger charge is -2.19. The number of ether oxygens (including phenoxy) is 2. The van der Waals surface area contributed by atoms with E-state index in [9.17, 15) is 9.59 Å². The summed E-state index contributed by atoms with van der Waals surface area (Å²) in [4.78, 5) is 24.5. The lowest BCUT2D eigenvalue weighted by atomic mass is 10.1. The number of amides is 1. The van der Waals surface area contributed by atoms with E-state index in [1.54, 1.807) is 24.3 Å². The lowest BCUT2D eigenvalue weighted by molar-refractivity contribution is -0.158. The Labute approximate surface area is 141 Å². The predicted octanol–water partition coefficient (Wildman–Crippen LogP) is 3.17. The van der Waals surface area contributed by atoms with Crippen molar-refractivity contribution >= 4 is 17.6 Å². The van der Waals surface area contributed by atoms with E-state index in [-0.39, 0.29) is 6.61 Å². The number of nitrogens with one attached hydrogen (secondary N) is 1. The fourth-order valence-corrected chi connectivity index (χ4v) is 2.25. The predicted molar refractivity (Wildman–Crippen MR) is 91.7 cm³/mol. The zero-order valence-electron chi connectivity index (χ0n) is 14.0. The summed E-state index contributed by atoms with van der Waals surface area (Å²) >= 11 is 0. The Morgan fingerprint density at radius 2 is 1.79 bits per heavy atom.